The van der Waals surface area contributed by atoms with Crippen molar-refractivity contribution in [3.8, 4) is 0 Å². The molecule has 0 aliphatic heterocycles. The first kappa shape index (κ1) is 21.0. The highest BCUT2D eigenvalue weighted by molar-refractivity contribution is 5.98. The van der Waals surface area contributed by atoms with E-state index in [1.165, 1.54) is 0 Å². The molecule has 0 radical (unpaired) electrons. The van der Waals surface area contributed by atoms with E-state index >= 15 is 0 Å². The van der Waals surface area contributed by atoms with Crippen molar-refractivity contribution >= 4 is 42.1 Å². The first-order valence-corrected chi connectivity index (χ1v) is 7.35. The summed E-state index contributed by atoms with van der Waals surface area (Å²) >= 11 is 0. The molecule has 0 atom stereocenters. The molecule has 4 nitrogen and oxygen atoms in total. The van der Waals surface area contributed by atoms with E-state index < -0.39 is 5.54 Å². The van der Waals surface area contributed by atoms with Gasteiger partial charge in [-0.25, -0.2) is 0 Å². The maximum Gasteiger partial charge on any atom is 0.244 e. The van der Waals surface area contributed by atoms with E-state index in [1.54, 1.807) is 0 Å². The maximum absolute atomic E-state index is 12.3. The molecule has 2 rings (SSSR count). The molecule has 1 saturated carbocycles. The Morgan fingerprint density at radius 1 is 1.27 bits per heavy atom. The molecule has 1 amide bonds. The minimum absolute atomic E-state index is 0. The highest BCUT2D eigenvalue weighted by Gasteiger charge is 2.36. The summed E-state index contributed by atoms with van der Waals surface area (Å²) in [5.74, 6) is -0.0562. The first-order valence-electron chi connectivity index (χ1n) is 7.35. The highest BCUT2D eigenvalue weighted by Crippen LogP contribution is 2.29. The first-order chi connectivity index (χ1) is 9.42. The number of nitrogens with zero attached hydrogens (tertiary/aromatic N) is 1. The van der Waals surface area contributed by atoms with Gasteiger partial charge in [0.1, 0.15) is 0 Å². The van der Waals surface area contributed by atoms with E-state index in [9.17, 15) is 4.79 Å². The van der Waals surface area contributed by atoms with Gasteiger partial charge >= 0.3 is 0 Å². The van der Waals surface area contributed by atoms with Crippen molar-refractivity contribution < 1.29 is 4.79 Å². The van der Waals surface area contributed by atoms with Crippen molar-refractivity contribution in [1.82, 2.24) is 0 Å². The van der Waals surface area contributed by atoms with E-state index in [0.717, 1.165) is 37.1 Å². The van der Waals surface area contributed by atoms with Crippen LogP contribution in [0.15, 0.2) is 24.3 Å². The van der Waals surface area contributed by atoms with Crippen molar-refractivity contribution in [2.45, 2.75) is 51.1 Å². The number of hydrogen-bond acceptors (Lipinski definition) is 3. The van der Waals surface area contributed by atoms with Crippen LogP contribution < -0.4 is 16.0 Å². The molecule has 1 aromatic rings. The zero-order chi connectivity index (χ0) is 14.8. The number of benzene rings is 1. The molecule has 0 aromatic heterocycles. The number of carbonyl (C=O) groups is 1. The number of hydrogen-bond donors (Lipinski definition) is 2. The largest absolute Gasteiger partial charge is 0.372 e. The number of carbonyl (C=O) groups excluding carboxylic acids is 1. The van der Waals surface area contributed by atoms with Crippen LogP contribution in [0, 0.1) is 0 Å². The molecule has 1 aliphatic rings. The fourth-order valence-corrected chi connectivity index (χ4v) is 2.59. The van der Waals surface area contributed by atoms with Gasteiger partial charge in [-0.2, -0.15) is 0 Å². The van der Waals surface area contributed by atoms with Gasteiger partial charge in [-0.05, 0) is 44.9 Å². The average Bonchev–Trinajstić information content (AvgIpc) is 2.86. The molecule has 1 aromatic carbocycles. The molecule has 3 N–H and O–H groups in total. The van der Waals surface area contributed by atoms with Gasteiger partial charge in [-0.3, -0.25) is 4.79 Å². The smallest absolute Gasteiger partial charge is 0.244 e. The Kier molecular flexibility index (Phi) is 8.23. The molecule has 0 spiro atoms. The number of rotatable bonds is 4. The topological polar surface area (TPSA) is 58.4 Å². The monoisotopic (exact) mass is 347 g/mol. The Labute approximate surface area is 145 Å². The number of anilines is 2. The average molecular weight is 348 g/mol. The van der Waals surface area contributed by atoms with Crippen LogP contribution in [-0.4, -0.2) is 24.5 Å². The van der Waals surface area contributed by atoms with Crippen molar-refractivity contribution in [3.05, 3.63) is 24.3 Å². The Balaban J connectivity index is 0.00000220. The summed E-state index contributed by atoms with van der Waals surface area (Å²) < 4.78 is 0. The van der Waals surface area contributed by atoms with Gasteiger partial charge in [0.2, 0.25) is 5.91 Å². The van der Waals surface area contributed by atoms with E-state index in [2.05, 4.69) is 24.1 Å². The van der Waals surface area contributed by atoms with Crippen LogP contribution in [-0.2, 0) is 4.79 Å². The van der Waals surface area contributed by atoms with Crippen molar-refractivity contribution in [1.29, 1.82) is 0 Å². The van der Waals surface area contributed by atoms with E-state index in [4.69, 9.17) is 5.73 Å². The number of nitrogens with one attached hydrogen (secondary N) is 1. The third kappa shape index (κ3) is 4.77. The minimum Gasteiger partial charge on any atom is -0.372 e. The lowest BCUT2D eigenvalue weighted by Crippen LogP contribution is -2.48. The summed E-state index contributed by atoms with van der Waals surface area (Å²) in [6.45, 7) is 4.28. The zero-order valence-electron chi connectivity index (χ0n) is 13.5. The van der Waals surface area contributed by atoms with Crippen molar-refractivity contribution in [2.75, 3.05) is 17.3 Å². The van der Waals surface area contributed by atoms with Crippen molar-refractivity contribution in [2.24, 2.45) is 5.73 Å². The summed E-state index contributed by atoms with van der Waals surface area (Å²) in [7, 11) is 2.05. The molecule has 1 aliphatic carbocycles. The van der Waals surface area contributed by atoms with Crippen LogP contribution in [0.2, 0.25) is 0 Å². The lowest BCUT2D eigenvalue weighted by molar-refractivity contribution is -0.121. The minimum atomic E-state index is -0.681. The number of amides is 1. The molecule has 0 heterocycles. The van der Waals surface area contributed by atoms with Crippen LogP contribution in [0.5, 0.6) is 0 Å². The van der Waals surface area contributed by atoms with Crippen LogP contribution in [0.1, 0.15) is 39.5 Å². The predicted octanol–water partition coefficient (Wildman–Crippen LogP) is 3.58. The van der Waals surface area contributed by atoms with Gasteiger partial charge in [0.25, 0.3) is 0 Å². The lowest BCUT2D eigenvalue weighted by Gasteiger charge is -2.25. The van der Waals surface area contributed by atoms with E-state index in [1.807, 2.05) is 31.3 Å². The Morgan fingerprint density at radius 3 is 2.41 bits per heavy atom. The zero-order valence-corrected chi connectivity index (χ0v) is 15.1. The number of halogens is 2. The van der Waals surface area contributed by atoms with Gasteiger partial charge in [0, 0.05) is 24.5 Å². The molecule has 0 bridgehead atoms. The summed E-state index contributed by atoms with van der Waals surface area (Å²) in [5.41, 5.74) is 7.40. The number of nitrogens with two attached hydrogens (primary N) is 1. The molecule has 0 unspecified atom stereocenters. The molecule has 0 saturated heterocycles. The summed E-state index contributed by atoms with van der Waals surface area (Å²) in [5, 5.41) is 2.97. The third-order valence-corrected chi connectivity index (χ3v) is 4.23. The summed E-state index contributed by atoms with van der Waals surface area (Å²) in [6, 6.07) is 8.33. The molecule has 22 heavy (non-hydrogen) atoms. The van der Waals surface area contributed by atoms with Gasteiger partial charge in [-0.1, -0.05) is 18.9 Å². The Bertz CT molecular complexity index is 488. The van der Waals surface area contributed by atoms with Crippen LogP contribution >= 0.6 is 24.8 Å². The van der Waals surface area contributed by atoms with Crippen LogP contribution in [0.3, 0.4) is 0 Å². The fourth-order valence-electron chi connectivity index (χ4n) is 2.59. The van der Waals surface area contributed by atoms with Gasteiger partial charge in [-0.15, -0.1) is 24.8 Å². The lowest BCUT2D eigenvalue weighted by atomic mass is 9.98. The Hall–Kier alpha value is -0.970. The van der Waals surface area contributed by atoms with Gasteiger partial charge in [0.15, 0.2) is 0 Å². The SMILES string of the molecule is CC(C)N(C)c1cccc(NC(=O)C2(N)CCCC2)c1.Cl.Cl. The third-order valence-electron chi connectivity index (χ3n) is 4.23. The Morgan fingerprint density at radius 2 is 1.86 bits per heavy atom. The van der Waals surface area contributed by atoms with Crippen LogP contribution in [0.4, 0.5) is 11.4 Å². The molecule has 1 fully saturated rings. The predicted molar refractivity (Wildman–Crippen MR) is 98.5 cm³/mol. The van der Waals surface area contributed by atoms with Gasteiger partial charge < -0.3 is 16.0 Å². The maximum atomic E-state index is 12.3. The van der Waals surface area contributed by atoms with E-state index in [0.29, 0.717) is 6.04 Å². The van der Waals surface area contributed by atoms with Crippen molar-refractivity contribution in [3.63, 3.8) is 0 Å². The second-order valence-corrected chi connectivity index (χ2v) is 6.07. The normalized spacial score (nSPS) is 15.7. The second kappa shape index (κ2) is 8.61. The van der Waals surface area contributed by atoms with E-state index in [-0.39, 0.29) is 30.7 Å². The van der Waals surface area contributed by atoms with Gasteiger partial charge in [0.05, 0.1) is 5.54 Å². The molecular weight excluding hydrogens is 321 g/mol. The van der Waals surface area contributed by atoms with Crippen LogP contribution in [0.25, 0.3) is 0 Å². The molecule has 126 valence electrons. The quantitative estimate of drug-likeness (QED) is 0.874. The second-order valence-electron chi connectivity index (χ2n) is 6.07. The summed E-state index contributed by atoms with van der Waals surface area (Å²) in [6.07, 6.45) is 3.65. The highest BCUT2D eigenvalue weighted by atomic mass is 35.5. The fraction of sp³-hybridized carbons (Fsp3) is 0.562. The standard InChI is InChI=1S/C16H25N3O.2ClH/c1-12(2)19(3)14-8-6-7-13(11-14)18-15(20)16(17)9-4-5-10-16;;/h6-8,11-12H,4-5,9-10,17H2,1-3H3,(H,18,20);2*1H. The molecular formula is C16H27Cl2N3O. The molecule has 6 heteroatoms. The summed E-state index contributed by atoms with van der Waals surface area (Å²) in [4.78, 5) is 14.5.